The van der Waals surface area contributed by atoms with Gasteiger partial charge in [-0.1, -0.05) is 241 Å². The van der Waals surface area contributed by atoms with E-state index in [0.29, 0.717) is 19.3 Å². The predicted molar refractivity (Wildman–Crippen MR) is 279 cm³/mol. The summed E-state index contributed by atoms with van der Waals surface area (Å²) >= 11 is 0. The zero-order chi connectivity index (χ0) is 47.2. The summed E-state index contributed by atoms with van der Waals surface area (Å²) in [4.78, 5) is 38.0. The summed E-state index contributed by atoms with van der Waals surface area (Å²) in [5.74, 6) is -0.946. The van der Waals surface area contributed by atoms with Crippen LogP contribution in [0.25, 0.3) is 0 Å². The summed E-state index contributed by atoms with van der Waals surface area (Å²) in [6.45, 7) is 6.38. The van der Waals surface area contributed by atoms with Crippen molar-refractivity contribution in [3.8, 4) is 0 Å². The molecular weight excluding hydrogens is 805 g/mol. The van der Waals surface area contributed by atoms with Gasteiger partial charge in [-0.3, -0.25) is 14.4 Å². The SMILES string of the molecule is CC/C=C\C/C=C\C/C=C\CCCCCCCCCCCC(=O)OCC(COC(=O)CCC/C=C\C/C=C\C/C=C\CC)OC(=O)CCCCCCCCCCCCCCCCCCC. The van der Waals surface area contributed by atoms with Crippen molar-refractivity contribution in [1.82, 2.24) is 0 Å². The Morgan fingerprint density at radius 3 is 1.00 bits per heavy atom. The highest BCUT2D eigenvalue weighted by Gasteiger charge is 2.19. The van der Waals surface area contributed by atoms with Crippen LogP contribution >= 0.6 is 0 Å². The maximum absolute atomic E-state index is 12.8. The van der Waals surface area contributed by atoms with Crippen LogP contribution in [-0.2, 0) is 28.6 Å². The molecule has 0 aliphatic rings. The van der Waals surface area contributed by atoms with Gasteiger partial charge < -0.3 is 14.2 Å². The standard InChI is InChI=1S/C59H102O6/c1-4-7-10-13-16-19-22-24-26-28-29-31-32-34-37-40-43-46-49-52-58(61)64-55-56(54-63-57(60)51-48-45-42-39-36-21-18-15-12-9-6-3)65-59(62)53-50-47-44-41-38-35-33-30-27-25-23-20-17-14-11-8-5-2/h7,9-10,12,16,18-19,21,24,26,39,42,56H,4-6,8,11,13-15,17,20,22-23,25,27-38,40-41,43-55H2,1-3H3/b10-7-,12-9-,19-16-,21-18-,26-24-,42-39-. The Bertz CT molecular complexity index is 1230. The van der Waals surface area contributed by atoms with E-state index in [9.17, 15) is 14.4 Å². The average Bonchev–Trinajstić information content (AvgIpc) is 3.30. The molecule has 0 aliphatic heterocycles. The van der Waals surface area contributed by atoms with E-state index >= 15 is 0 Å². The van der Waals surface area contributed by atoms with E-state index < -0.39 is 6.10 Å². The highest BCUT2D eigenvalue weighted by Crippen LogP contribution is 2.16. The minimum atomic E-state index is -0.795. The first-order valence-electron chi connectivity index (χ1n) is 27.4. The van der Waals surface area contributed by atoms with Crippen molar-refractivity contribution in [1.29, 1.82) is 0 Å². The third-order valence-electron chi connectivity index (χ3n) is 11.7. The van der Waals surface area contributed by atoms with Gasteiger partial charge in [-0.05, 0) is 77.0 Å². The van der Waals surface area contributed by atoms with Crippen molar-refractivity contribution in [2.45, 2.75) is 271 Å². The zero-order valence-corrected chi connectivity index (χ0v) is 42.7. The Hall–Kier alpha value is -3.15. The van der Waals surface area contributed by atoms with E-state index in [1.165, 1.54) is 135 Å². The van der Waals surface area contributed by atoms with Crippen molar-refractivity contribution in [3.05, 3.63) is 72.9 Å². The van der Waals surface area contributed by atoms with Crippen LogP contribution in [0.1, 0.15) is 265 Å². The van der Waals surface area contributed by atoms with Crippen LogP contribution in [-0.4, -0.2) is 37.2 Å². The lowest BCUT2D eigenvalue weighted by Crippen LogP contribution is -2.30. The molecule has 0 fully saturated rings. The van der Waals surface area contributed by atoms with E-state index in [-0.39, 0.29) is 37.5 Å². The fourth-order valence-electron chi connectivity index (χ4n) is 7.66. The van der Waals surface area contributed by atoms with Crippen molar-refractivity contribution in [2.24, 2.45) is 0 Å². The number of ether oxygens (including phenoxy) is 3. The third-order valence-corrected chi connectivity index (χ3v) is 11.7. The van der Waals surface area contributed by atoms with Crippen LogP contribution in [0.4, 0.5) is 0 Å². The van der Waals surface area contributed by atoms with Gasteiger partial charge in [0.25, 0.3) is 0 Å². The number of rotatable bonds is 49. The summed E-state index contributed by atoms with van der Waals surface area (Å²) in [5.41, 5.74) is 0. The summed E-state index contributed by atoms with van der Waals surface area (Å²) < 4.78 is 16.8. The molecule has 0 spiro atoms. The largest absolute Gasteiger partial charge is 0.462 e. The van der Waals surface area contributed by atoms with Gasteiger partial charge in [-0.2, -0.15) is 0 Å². The van der Waals surface area contributed by atoms with Gasteiger partial charge in [0.1, 0.15) is 13.2 Å². The number of esters is 3. The molecule has 0 heterocycles. The zero-order valence-electron chi connectivity index (χ0n) is 42.7. The van der Waals surface area contributed by atoms with Gasteiger partial charge in [-0.15, -0.1) is 0 Å². The molecule has 1 atom stereocenters. The van der Waals surface area contributed by atoms with Crippen LogP contribution in [0, 0.1) is 0 Å². The minimum Gasteiger partial charge on any atom is -0.462 e. The number of unbranched alkanes of at least 4 members (excludes halogenated alkanes) is 26. The van der Waals surface area contributed by atoms with E-state index in [4.69, 9.17) is 14.2 Å². The van der Waals surface area contributed by atoms with Gasteiger partial charge in [0.15, 0.2) is 6.10 Å². The van der Waals surface area contributed by atoms with E-state index in [1.54, 1.807) is 0 Å². The summed E-state index contributed by atoms with van der Waals surface area (Å²) in [7, 11) is 0. The van der Waals surface area contributed by atoms with E-state index in [0.717, 1.165) is 83.5 Å². The van der Waals surface area contributed by atoms with Crippen LogP contribution in [0.3, 0.4) is 0 Å². The van der Waals surface area contributed by atoms with Crippen molar-refractivity contribution in [3.63, 3.8) is 0 Å². The van der Waals surface area contributed by atoms with Crippen molar-refractivity contribution in [2.75, 3.05) is 13.2 Å². The molecule has 0 bridgehead atoms. The summed E-state index contributed by atoms with van der Waals surface area (Å²) in [6, 6.07) is 0. The predicted octanol–water partition coefficient (Wildman–Crippen LogP) is 18.2. The van der Waals surface area contributed by atoms with Gasteiger partial charge in [0, 0.05) is 19.3 Å². The molecule has 0 aromatic carbocycles. The maximum atomic E-state index is 12.8. The Morgan fingerprint density at radius 1 is 0.323 bits per heavy atom. The summed E-state index contributed by atoms with van der Waals surface area (Å²) in [5, 5.41) is 0. The van der Waals surface area contributed by atoms with Gasteiger partial charge >= 0.3 is 17.9 Å². The molecule has 65 heavy (non-hydrogen) atoms. The van der Waals surface area contributed by atoms with E-state index in [1.807, 2.05) is 0 Å². The highest BCUT2D eigenvalue weighted by atomic mass is 16.6. The second-order valence-corrected chi connectivity index (χ2v) is 18.1. The first-order valence-corrected chi connectivity index (χ1v) is 27.4. The molecule has 374 valence electrons. The third kappa shape index (κ3) is 51.7. The maximum Gasteiger partial charge on any atom is 0.306 e. The minimum absolute atomic E-state index is 0.0921. The Balaban J connectivity index is 4.35. The smallest absolute Gasteiger partial charge is 0.306 e. The number of hydrogen-bond donors (Lipinski definition) is 0. The molecule has 0 amide bonds. The van der Waals surface area contributed by atoms with Crippen LogP contribution < -0.4 is 0 Å². The molecule has 0 aliphatic carbocycles. The number of carbonyl (C=O) groups is 3. The quantitative estimate of drug-likeness (QED) is 0.0262. The normalized spacial score (nSPS) is 12.6. The van der Waals surface area contributed by atoms with Crippen molar-refractivity contribution < 1.29 is 28.6 Å². The number of carbonyl (C=O) groups excluding carboxylic acids is 3. The molecule has 0 saturated carbocycles. The van der Waals surface area contributed by atoms with Crippen molar-refractivity contribution >= 4 is 17.9 Å². The lowest BCUT2D eigenvalue weighted by Gasteiger charge is -2.18. The fourth-order valence-corrected chi connectivity index (χ4v) is 7.66. The Kier molecular flexibility index (Phi) is 50.9. The average molecular weight is 907 g/mol. The fraction of sp³-hybridized carbons (Fsp3) is 0.746. The van der Waals surface area contributed by atoms with Gasteiger partial charge in [0.2, 0.25) is 0 Å². The molecule has 0 N–H and O–H groups in total. The van der Waals surface area contributed by atoms with Gasteiger partial charge in [0.05, 0.1) is 0 Å². The summed E-state index contributed by atoms with van der Waals surface area (Å²) in [6.07, 6.45) is 67.6. The first kappa shape index (κ1) is 61.9. The Labute approximate surface area is 402 Å². The van der Waals surface area contributed by atoms with Crippen LogP contribution in [0.5, 0.6) is 0 Å². The molecule has 0 rings (SSSR count). The molecule has 0 saturated heterocycles. The first-order chi connectivity index (χ1) is 32.0. The monoisotopic (exact) mass is 907 g/mol. The second-order valence-electron chi connectivity index (χ2n) is 18.1. The molecule has 6 heteroatoms. The molecular formula is C59H102O6. The highest BCUT2D eigenvalue weighted by molar-refractivity contribution is 5.71. The van der Waals surface area contributed by atoms with Crippen LogP contribution in [0.15, 0.2) is 72.9 Å². The topological polar surface area (TPSA) is 78.9 Å². The second kappa shape index (κ2) is 53.5. The molecule has 0 radical (unpaired) electrons. The lowest BCUT2D eigenvalue weighted by molar-refractivity contribution is -0.167. The van der Waals surface area contributed by atoms with Gasteiger partial charge in [-0.25, -0.2) is 0 Å². The molecule has 6 nitrogen and oxygen atoms in total. The molecule has 0 aromatic rings. The molecule has 1 unspecified atom stereocenters. The number of hydrogen-bond acceptors (Lipinski definition) is 6. The van der Waals surface area contributed by atoms with Crippen LogP contribution in [0.2, 0.25) is 0 Å². The Morgan fingerprint density at radius 2 is 0.615 bits per heavy atom. The lowest BCUT2D eigenvalue weighted by atomic mass is 10.0. The number of allylic oxidation sites excluding steroid dienone is 12. The van der Waals surface area contributed by atoms with E-state index in [2.05, 4.69) is 93.7 Å². The molecule has 0 aromatic heterocycles.